The Bertz CT molecular complexity index is 1110. The number of aromatic nitrogens is 1. The first-order chi connectivity index (χ1) is 12.2. The molecule has 1 aliphatic carbocycles. The van der Waals surface area contributed by atoms with E-state index in [0.29, 0.717) is 11.4 Å². The molecule has 1 aliphatic heterocycles. The molecule has 120 valence electrons. The first-order valence-electron chi connectivity index (χ1n) is 8.13. The van der Waals surface area contributed by atoms with Crippen molar-refractivity contribution in [3.8, 4) is 22.3 Å². The van der Waals surface area contributed by atoms with E-state index in [4.69, 9.17) is 0 Å². The number of fused-ring (bicyclic) bond motifs is 4. The molecule has 0 bridgehead atoms. The van der Waals surface area contributed by atoms with Crippen molar-refractivity contribution in [2.75, 3.05) is 5.32 Å². The number of carbonyl (C=O) groups excluding carboxylic acids is 2. The Morgan fingerprint density at radius 1 is 0.960 bits per heavy atom. The zero-order valence-corrected chi connectivity index (χ0v) is 13.3. The number of anilines is 1. The lowest BCUT2D eigenvalue weighted by Crippen LogP contribution is -2.14. The molecule has 1 amide bonds. The zero-order valence-electron chi connectivity index (χ0n) is 13.3. The molecule has 4 nitrogen and oxygen atoms in total. The van der Waals surface area contributed by atoms with Gasteiger partial charge in [0.1, 0.15) is 5.69 Å². The van der Waals surface area contributed by atoms with Crippen molar-refractivity contribution in [1.29, 1.82) is 0 Å². The lowest BCUT2D eigenvalue weighted by molar-refractivity contribution is -0.112. The van der Waals surface area contributed by atoms with Crippen molar-refractivity contribution < 1.29 is 9.59 Å². The van der Waals surface area contributed by atoms with Crippen LogP contribution >= 0.6 is 0 Å². The van der Waals surface area contributed by atoms with Crippen molar-refractivity contribution in [2.45, 2.75) is 6.42 Å². The minimum atomic E-state index is -0.589. The quantitative estimate of drug-likeness (QED) is 0.546. The van der Waals surface area contributed by atoms with Gasteiger partial charge in [-0.25, -0.2) is 0 Å². The van der Waals surface area contributed by atoms with E-state index in [1.807, 2.05) is 24.3 Å². The summed E-state index contributed by atoms with van der Waals surface area (Å²) in [5.41, 5.74) is 8.45. The van der Waals surface area contributed by atoms with Crippen molar-refractivity contribution in [3.05, 3.63) is 71.6 Å². The van der Waals surface area contributed by atoms with E-state index < -0.39 is 11.7 Å². The molecule has 0 spiro atoms. The number of H-pyrrole nitrogens is 1. The molecule has 2 aromatic carbocycles. The summed E-state index contributed by atoms with van der Waals surface area (Å²) < 4.78 is 0. The number of rotatable bonds is 2. The van der Waals surface area contributed by atoms with E-state index in [-0.39, 0.29) is 0 Å². The number of hydrogen-bond donors (Lipinski definition) is 2. The summed E-state index contributed by atoms with van der Waals surface area (Å²) in [6.45, 7) is 3.85. The molecule has 0 fully saturated rings. The highest BCUT2D eigenvalue weighted by molar-refractivity contribution is 6.52. The van der Waals surface area contributed by atoms with Crippen LogP contribution in [-0.2, 0) is 11.2 Å². The highest BCUT2D eigenvalue weighted by Crippen LogP contribution is 2.46. The molecule has 1 aromatic heterocycles. The summed E-state index contributed by atoms with van der Waals surface area (Å²) in [4.78, 5) is 26.9. The van der Waals surface area contributed by atoms with Crippen molar-refractivity contribution in [3.63, 3.8) is 0 Å². The van der Waals surface area contributed by atoms with Crippen LogP contribution in [0, 0.1) is 0 Å². The molecule has 0 saturated heterocycles. The maximum atomic E-state index is 12.0. The average Bonchev–Trinajstić information content (AvgIpc) is 3.26. The number of amides is 1. The Morgan fingerprint density at radius 3 is 2.56 bits per heavy atom. The molecule has 0 radical (unpaired) electrons. The SMILES string of the molecule is C=Cc1[nH]c2c(c1-c1cccc3c1Cc1ccccc1-3)NC(=O)C2=O. The standard InChI is InChI=1S/C21H14N2O2/c1-2-16-17(18-19(22-16)20(24)21(25)23-18)14-9-5-8-13-12-7-4-3-6-11(12)10-15(13)14/h2-9,22H,1,10H2,(H,23,24,25). The number of nitrogens with one attached hydrogen (secondary N) is 2. The fourth-order valence-electron chi connectivity index (χ4n) is 3.92. The summed E-state index contributed by atoms with van der Waals surface area (Å²) in [6.07, 6.45) is 2.52. The van der Waals surface area contributed by atoms with Gasteiger partial charge >= 0.3 is 0 Å². The van der Waals surface area contributed by atoms with Crippen LogP contribution in [0.4, 0.5) is 5.69 Å². The molecule has 4 heteroatoms. The minimum Gasteiger partial charge on any atom is -0.350 e. The van der Waals surface area contributed by atoms with E-state index in [0.717, 1.165) is 23.2 Å². The van der Waals surface area contributed by atoms with Gasteiger partial charge in [0.15, 0.2) is 0 Å². The van der Waals surface area contributed by atoms with Crippen molar-refractivity contribution >= 4 is 23.5 Å². The predicted octanol–water partition coefficient (Wildman–Crippen LogP) is 4.03. The van der Waals surface area contributed by atoms with Crippen LogP contribution in [-0.4, -0.2) is 16.7 Å². The maximum Gasteiger partial charge on any atom is 0.298 e. The maximum absolute atomic E-state index is 12.0. The van der Waals surface area contributed by atoms with E-state index >= 15 is 0 Å². The third-order valence-corrected chi connectivity index (χ3v) is 5.03. The molecule has 0 atom stereocenters. The van der Waals surface area contributed by atoms with Gasteiger partial charge in [0.25, 0.3) is 11.7 Å². The Balaban J connectivity index is 1.78. The van der Waals surface area contributed by atoms with Crippen LogP contribution in [0.25, 0.3) is 28.3 Å². The molecule has 2 aliphatic rings. The normalized spacial score (nSPS) is 14.1. The summed E-state index contributed by atoms with van der Waals surface area (Å²) in [5.74, 6) is -1.12. The topological polar surface area (TPSA) is 62.0 Å². The molecule has 0 saturated carbocycles. The lowest BCUT2D eigenvalue weighted by Gasteiger charge is -2.10. The summed E-state index contributed by atoms with van der Waals surface area (Å²) >= 11 is 0. The summed E-state index contributed by atoms with van der Waals surface area (Å²) in [7, 11) is 0. The molecule has 2 N–H and O–H groups in total. The van der Waals surface area contributed by atoms with Crippen LogP contribution in [0.2, 0.25) is 0 Å². The molecule has 2 heterocycles. The molecular formula is C21H14N2O2. The van der Waals surface area contributed by atoms with Crippen molar-refractivity contribution in [2.24, 2.45) is 0 Å². The lowest BCUT2D eigenvalue weighted by atomic mass is 9.94. The molecule has 3 aromatic rings. The smallest absolute Gasteiger partial charge is 0.298 e. The minimum absolute atomic E-state index is 0.322. The van der Waals surface area contributed by atoms with Crippen LogP contribution < -0.4 is 5.32 Å². The van der Waals surface area contributed by atoms with Gasteiger partial charge in [-0.15, -0.1) is 0 Å². The van der Waals surface area contributed by atoms with Gasteiger partial charge in [-0.3, -0.25) is 9.59 Å². The summed E-state index contributed by atoms with van der Waals surface area (Å²) in [5, 5.41) is 2.71. The first kappa shape index (κ1) is 14.0. The first-order valence-corrected chi connectivity index (χ1v) is 8.13. The number of hydrogen-bond acceptors (Lipinski definition) is 2. The average molecular weight is 326 g/mol. The van der Waals surface area contributed by atoms with Crippen molar-refractivity contribution in [1.82, 2.24) is 4.98 Å². The van der Waals surface area contributed by atoms with Gasteiger partial charge in [0.05, 0.1) is 5.69 Å². The summed E-state index contributed by atoms with van der Waals surface area (Å²) in [6, 6.07) is 14.5. The number of ketones is 1. The fourth-order valence-corrected chi connectivity index (χ4v) is 3.92. The van der Waals surface area contributed by atoms with Gasteiger partial charge in [0.2, 0.25) is 0 Å². The Labute approximate surface area is 144 Å². The predicted molar refractivity (Wildman–Crippen MR) is 97.5 cm³/mol. The largest absolute Gasteiger partial charge is 0.350 e. The highest BCUT2D eigenvalue weighted by Gasteiger charge is 2.35. The van der Waals surface area contributed by atoms with E-state index in [1.165, 1.54) is 22.3 Å². The second-order valence-electron chi connectivity index (χ2n) is 6.32. The molecule has 5 rings (SSSR count). The van der Waals surface area contributed by atoms with Gasteiger partial charge in [-0.05, 0) is 40.3 Å². The van der Waals surface area contributed by atoms with E-state index in [2.05, 4.69) is 35.1 Å². The zero-order chi connectivity index (χ0) is 17.1. The fraction of sp³-hybridized carbons (Fsp3) is 0.0476. The molecular weight excluding hydrogens is 312 g/mol. The monoisotopic (exact) mass is 326 g/mol. The number of aromatic amines is 1. The van der Waals surface area contributed by atoms with Crippen LogP contribution in [0.5, 0.6) is 0 Å². The number of benzene rings is 2. The van der Waals surface area contributed by atoms with Crippen LogP contribution in [0.1, 0.15) is 27.3 Å². The van der Waals surface area contributed by atoms with Crippen LogP contribution in [0.15, 0.2) is 49.0 Å². The second kappa shape index (κ2) is 4.80. The highest BCUT2D eigenvalue weighted by atomic mass is 16.2. The van der Waals surface area contributed by atoms with Gasteiger partial charge in [0, 0.05) is 11.3 Å². The Morgan fingerprint density at radius 2 is 1.72 bits per heavy atom. The molecule has 0 unspecified atom stereocenters. The Hall–Kier alpha value is -3.40. The van der Waals surface area contributed by atoms with Gasteiger partial charge in [-0.2, -0.15) is 0 Å². The third-order valence-electron chi connectivity index (χ3n) is 5.03. The third kappa shape index (κ3) is 1.76. The second-order valence-corrected chi connectivity index (χ2v) is 6.32. The van der Waals surface area contributed by atoms with Gasteiger partial charge in [-0.1, -0.05) is 49.0 Å². The molecule has 25 heavy (non-hydrogen) atoms. The van der Waals surface area contributed by atoms with Gasteiger partial charge < -0.3 is 10.3 Å². The van der Waals surface area contributed by atoms with E-state index in [1.54, 1.807) is 6.08 Å². The van der Waals surface area contributed by atoms with Crippen LogP contribution in [0.3, 0.4) is 0 Å². The van der Waals surface area contributed by atoms with E-state index in [9.17, 15) is 9.59 Å². The number of Topliss-reactive ketones (excluding diaryl/α,β-unsaturated/α-hetero) is 1. The number of carbonyl (C=O) groups is 2. The Kier molecular flexibility index (Phi) is 2.69.